The Morgan fingerprint density at radius 3 is 2.05 bits per heavy atom. The van der Waals surface area contributed by atoms with Gasteiger partial charge in [-0.05, 0) is 6.42 Å². The van der Waals surface area contributed by atoms with E-state index in [0.29, 0.717) is 11.3 Å². The first-order valence-corrected chi connectivity index (χ1v) is 5.63. The summed E-state index contributed by atoms with van der Waals surface area (Å²) in [7, 11) is 0. The normalized spacial score (nSPS) is 10.4. The average molecular weight is 293 g/mol. The zero-order chi connectivity index (χ0) is 15.4. The minimum absolute atomic E-state index is 0.0250. The molecule has 0 aliphatic heterocycles. The van der Waals surface area contributed by atoms with E-state index in [2.05, 4.69) is 0 Å². The smallest absolute Gasteiger partial charge is 0.323 e. The Kier molecular flexibility index (Phi) is 5.06. The Hall–Kier alpha value is -2.12. The lowest BCUT2D eigenvalue weighted by Gasteiger charge is -2.20. The number of carbonyl (C=O) groups is 2. The Morgan fingerprint density at radius 1 is 1.15 bits per heavy atom. The van der Waals surface area contributed by atoms with Gasteiger partial charge >= 0.3 is 5.97 Å². The third-order valence-electron chi connectivity index (χ3n) is 2.43. The zero-order valence-electron chi connectivity index (χ0n) is 10.4. The molecule has 0 aliphatic rings. The molecule has 0 saturated carbocycles. The first kappa shape index (κ1) is 15.9. The van der Waals surface area contributed by atoms with Gasteiger partial charge in [-0.2, -0.15) is 0 Å². The van der Waals surface area contributed by atoms with Crippen molar-refractivity contribution in [3.05, 3.63) is 34.9 Å². The number of halogens is 4. The molecule has 0 fully saturated rings. The number of hydrogen-bond acceptors (Lipinski definition) is 2. The largest absolute Gasteiger partial charge is 0.480 e. The molecule has 0 saturated heterocycles. The molecule has 1 N–H and O–H groups in total. The van der Waals surface area contributed by atoms with Crippen LogP contribution in [0.15, 0.2) is 6.07 Å². The maximum absolute atomic E-state index is 13.5. The summed E-state index contributed by atoms with van der Waals surface area (Å²) in [5.74, 6) is -9.97. The molecular formula is C12H11F4NO3. The third-order valence-corrected chi connectivity index (χ3v) is 2.43. The molecule has 0 heterocycles. The average Bonchev–Trinajstić information content (AvgIpc) is 2.35. The monoisotopic (exact) mass is 293 g/mol. The molecule has 20 heavy (non-hydrogen) atoms. The summed E-state index contributed by atoms with van der Waals surface area (Å²) in [6.45, 7) is 0.646. The van der Waals surface area contributed by atoms with Crippen molar-refractivity contribution in [3.63, 3.8) is 0 Å². The van der Waals surface area contributed by atoms with E-state index in [4.69, 9.17) is 5.11 Å². The van der Waals surface area contributed by atoms with E-state index in [1.807, 2.05) is 0 Å². The number of hydrogen-bond donors (Lipinski definition) is 1. The van der Waals surface area contributed by atoms with Crippen LogP contribution >= 0.6 is 0 Å². The maximum Gasteiger partial charge on any atom is 0.323 e. The predicted molar refractivity (Wildman–Crippen MR) is 60.1 cm³/mol. The Labute approximate surface area is 111 Å². The van der Waals surface area contributed by atoms with E-state index in [1.165, 1.54) is 0 Å². The van der Waals surface area contributed by atoms with Gasteiger partial charge in [-0.15, -0.1) is 0 Å². The van der Waals surface area contributed by atoms with Crippen LogP contribution in [0, 0.1) is 23.3 Å². The van der Waals surface area contributed by atoms with E-state index in [-0.39, 0.29) is 12.6 Å². The first-order chi connectivity index (χ1) is 9.29. The number of amides is 1. The van der Waals surface area contributed by atoms with Crippen molar-refractivity contribution in [1.82, 2.24) is 4.90 Å². The molecule has 0 spiro atoms. The van der Waals surface area contributed by atoms with Gasteiger partial charge in [-0.25, -0.2) is 17.6 Å². The van der Waals surface area contributed by atoms with Gasteiger partial charge in [0.05, 0.1) is 0 Å². The zero-order valence-corrected chi connectivity index (χ0v) is 10.4. The van der Waals surface area contributed by atoms with Crippen molar-refractivity contribution in [2.75, 3.05) is 13.1 Å². The molecule has 0 aromatic heterocycles. The lowest BCUT2D eigenvalue weighted by atomic mass is 10.1. The number of aliphatic carboxylic acids is 1. The number of carboxylic acid groups (broad SMARTS) is 1. The lowest BCUT2D eigenvalue weighted by Crippen LogP contribution is -2.37. The van der Waals surface area contributed by atoms with Gasteiger partial charge in [0, 0.05) is 12.6 Å². The second-order valence-electron chi connectivity index (χ2n) is 3.96. The topological polar surface area (TPSA) is 57.6 Å². The van der Waals surface area contributed by atoms with Crippen molar-refractivity contribution in [2.45, 2.75) is 13.3 Å². The van der Waals surface area contributed by atoms with Crippen molar-refractivity contribution < 1.29 is 32.3 Å². The molecule has 0 unspecified atom stereocenters. The second kappa shape index (κ2) is 6.36. The summed E-state index contributed by atoms with van der Waals surface area (Å²) in [5.41, 5.74) is -1.43. The van der Waals surface area contributed by atoms with Gasteiger partial charge in [0.15, 0.2) is 23.3 Å². The molecule has 0 aliphatic carbocycles. The highest BCUT2D eigenvalue weighted by atomic mass is 19.2. The molecule has 1 amide bonds. The van der Waals surface area contributed by atoms with E-state index in [1.54, 1.807) is 6.92 Å². The summed E-state index contributed by atoms with van der Waals surface area (Å²) >= 11 is 0. The summed E-state index contributed by atoms with van der Waals surface area (Å²) in [5, 5.41) is 8.62. The SMILES string of the molecule is CCCN(CC(=O)O)C(=O)c1c(F)c(F)cc(F)c1F. The van der Waals surface area contributed by atoms with Crippen molar-refractivity contribution in [2.24, 2.45) is 0 Å². The maximum atomic E-state index is 13.5. The Bertz CT molecular complexity index is 522. The van der Waals surface area contributed by atoms with E-state index < -0.39 is 47.3 Å². The van der Waals surface area contributed by atoms with Gasteiger partial charge in [-0.3, -0.25) is 9.59 Å². The highest BCUT2D eigenvalue weighted by Gasteiger charge is 2.28. The van der Waals surface area contributed by atoms with Gasteiger partial charge in [0.25, 0.3) is 5.91 Å². The van der Waals surface area contributed by atoms with Gasteiger partial charge in [0.1, 0.15) is 12.1 Å². The van der Waals surface area contributed by atoms with E-state index in [0.717, 1.165) is 0 Å². The molecule has 8 heteroatoms. The summed E-state index contributed by atoms with van der Waals surface area (Å²) in [6, 6.07) is -0.0250. The first-order valence-electron chi connectivity index (χ1n) is 5.63. The highest BCUT2D eigenvalue weighted by Crippen LogP contribution is 2.21. The van der Waals surface area contributed by atoms with E-state index in [9.17, 15) is 27.2 Å². The van der Waals surface area contributed by atoms with Gasteiger partial charge in [0.2, 0.25) is 0 Å². The fourth-order valence-corrected chi connectivity index (χ4v) is 1.60. The van der Waals surface area contributed by atoms with E-state index >= 15 is 0 Å². The second-order valence-corrected chi connectivity index (χ2v) is 3.96. The molecule has 4 nitrogen and oxygen atoms in total. The summed E-state index contributed by atoms with van der Waals surface area (Å²) in [4.78, 5) is 23.1. The number of benzene rings is 1. The molecule has 110 valence electrons. The van der Waals surface area contributed by atoms with Crippen LogP contribution in [0.25, 0.3) is 0 Å². The van der Waals surface area contributed by atoms with Gasteiger partial charge < -0.3 is 10.0 Å². The fourth-order valence-electron chi connectivity index (χ4n) is 1.60. The highest BCUT2D eigenvalue weighted by molar-refractivity contribution is 5.96. The molecule has 1 aromatic rings. The van der Waals surface area contributed by atoms with Crippen LogP contribution in [-0.4, -0.2) is 35.0 Å². The molecule has 0 atom stereocenters. The minimum atomic E-state index is -1.85. The molecule has 1 aromatic carbocycles. The fraction of sp³-hybridized carbons (Fsp3) is 0.333. The van der Waals surface area contributed by atoms with Crippen LogP contribution in [-0.2, 0) is 4.79 Å². The number of nitrogens with zero attached hydrogens (tertiary/aromatic N) is 1. The van der Waals surface area contributed by atoms with Crippen LogP contribution in [0.5, 0.6) is 0 Å². The standard InChI is InChI=1S/C12H11F4NO3/c1-2-3-17(5-8(18)19)12(20)9-10(15)6(13)4-7(14)11(9)16/h4H,2-3,5H2,1H3,(H,18,19). The number of carboxylic acids is 1. The number of carbonyl (C=O) groups excluding carboxylic acids is 1. The lowest BCUT2D eigenvalue weighted by molar-refractivity contribution is -0.137. The molecular weight excluding hydrogens is 282 g/mol. The molecule has 0 radical (unpaired) electrons. The van der Waals surface area contributed by atoms with Crippen molar-refractivity contribution in [3.8, 4) is 0 Å². The summed E-state index contributed by atoms with van der Waals surface area (Å²) < 4.78 is 53.0. The third kappa shape index (κ3) is 3.25. The quantitative estimate of drug-likeness (QED) is 0.668. The Balaban J connectivity index is 3.27. The minimum Gasteiger partial charge on any atom is -0.480 e. The van der Waals surface area contributed by atoms with Crippen molar-refractivity contribution in [1.29, 1.82) is 0 Å². The summed E-state index contributed by atoms with van der Waals surface area (Å²) in [6.07, 6.45) is 0.306. The van der Waals surface area contributed by atoms with Crippen LogP contribution in [0.4, 0.5) is 17.6 Å². The molecule has 1 rings (SSSR count). The number of rotatable bonds is 5. The van der Waals surface area contributed by atoms with Crippen LogP contribution in [0.3, 0.4) is 0 Å². The van der Waals surface area contributed by atoms with Gasteiger partial charge in [-0.1, -0.05) is 6.92 Å². The predicted octanol–water partition coefficient (Wildman–Crippen LogP) is 2.18. The van der Waals surface area contributed by atoms with Crippen LogP contribution < -0.4 is 0 Å². The van der Waals surface area contributed by atoms with Crippen LogP contribution in [0.2, 0.25) is 0 Å². The van der Waals surface area contributed by atoms with Crippen molar-refractivity contribution >= 4 is 11.9 Å². The van der Waals surface area contributed by atoms with Crippen LogP contribution in [0.1, 0.15) is 23.7 Å². The molecule has 0 bridgehead atoms. The Morgan fingerprint density at radius 2 is 1.65 bits per heavy atom.